The maximum absolute atomic E-state index is 13.3. The van der Waals surface area contributed by atoms with Crippen molar-refractivity contribution in [3.8, 4) is 0 Å². The second-order valence-corrected chi connectivity index (χ2v) is 12.5. The summed E-state index contributed by atoms with van der Waals surface area (Å²) in [7, 11) is 0. The average molecular weight is 603 g/mol. The van der Waals surface area contributed by atoms with Gasteiger partial charge in [-0.2, -0.15) is 0 Å². The summed E-state index contributed by atoms with van der Waals surface area (Å²) in [5.41, 5.74) is -2.56. The van der Waals surface area contributed by atoms with Crippen molar-refractivity contribution in [2.75, 3.05) is 6.54 Å². The van der Waals surface area contributed by atoms with Crippen molar-refractivity contribution < 1.29 is 52.9 Å². The zero-order valence-electron chi connectivity index (χ0n) is 26.1. The minimum Gasteiger partial charge on any atom is -0.480 e. The van der Waals surface area contributed by atoms with Crippen LogP contribution in [0.2, 0.25) is 0 Å². The van der Waals surface area contributed by atoms with E-state index >= 15 is 0 Å². The lowest BCUT2D eigenvalue weighted by atomic mass is 10.1. The Balaban J connectivity index is 5.90. The lowest BCUT2D eigenvalue weighted by Crippen LogP contribution is -2.57. The third-order valence-electron chi connectivity index (χ3n) is 4.65. The highest BCUT2D eigenvalue weighted by atomic mass is 16.6. The number of esters is 2. The van der Waals surface area contributed by atoms with E-state index in [-0.39, 0.29) is 12.8 Å². The highest BCUT2D eigenvalue weighted by Crippen LogP contribution is 2.12. The minimum atomic E-state index is -1.58. The van der Waals surface area contributed by atoms with Gasteiger partial charge in [-0.1, -0.05) is 0 Å². The number of nitrogens with one attached hydrogen (secondary N) is 4. The van der Waals surface area contributed by atoms with Crippen LogP contribution in [0.1, 0.15) is 88.5 Å². The minimum absolute atomic E-state index is 0.276. The molecule has 0 aliphatic rings. The lowest BCUT2D eigenvalue weighted by molar-refractivity contribution is -0.156. The zero-order valence-corrected chi connectivity index (χ0v) is 26.1. The number of hydrogen-bond donors (Lipinski definition) is 5. The van der Waals surface area contributed by atoms with Gasteiger partial charge < -0.3 is 40.6 Å². The van der Waals surface area contributed by atoms with Crippen LogP contribution in [0.25, 0.3) is 0 Å². The van der Waals surface area contributed by atoms with Gasteiger partial charge in [-0.25, -0.2) is 4.79 Å². The van der Waals surface area contributed by atoms with Gasteiger partial charge in [0.1, 0.15) is 41.5 Å². The van der Waals surface area contributed by atoms with Gasteiger partial charge in [0.15, 0.2) is 0 Å². The summed E-state index contributed by atoms with van der Waals surface area (Å²) in [4.78, 5) is 86.6. The van der Waals surface area contributed by atoms with Gasteiger partial charge in [-0.15, -0.1) is 0 Å². The summed E-state index contributed by atoms with van der Waals surface area (Å²) in [6, 6.07) is -4.18. The molecule has 15 heteroatoms. The molecule has 0 bridgehead atoms. The average Bonchev–Trinajstić information content (AvgIpc) is 2.75. The molecule has 0 saturated heterocycles. The number of ether oxygens (including phenoxy) is 3. The van der Waals surface area contributed by atoms with Crippen molar-refractivity contribution in [2.24, 2.45) is 0 Å². The van der Waals surface area contributed by atoms with Crippen LogP contribution in [0.15, 0.2) is 0 Å². The largest absolute Gasteiger partial charge is 0.480 e. The molecule has 0 rings (SSSR count). The van der Waals surface area contributed by atoms with E-state index in [4.69, 9.17) is 19.3 Å². The number of aliphatic carboxylic acids is 1. The van der Waals surface area contributed by atoms with Gasteiger partial charge in [-0.3, -0.25) is 28.8 Å². The summed E-state index contributed by atoms with van der Waals surface area (Å²) in [6.45, 7) is 15.2. The Morgan fingerprint density at radius 1 is 0.643 bits per heavy atom. The van der Waals surface area contributed by atoms with Crippen LogP contribution in [0, 0.1) is 0 Å². The quantitative estimate of drug-likeness (QED) is 0.148. The van der Waals surface area contributed by atoms with E-state index in [2.05, 4.69) is 21.3 Å². The maximum Gasteiger partial charge on any atom is 0.408 e. The first-order chi connectivity index (χ1) is 18.9. The van der Waals surface area contributed by atoms with E-state index in [1.807, 2.05) is 0 Å². The molecule has 240 valence electrons. The molecule has 0 radical (unpaired) electrons. The number of carboxylic acid groups (broad SMARTS) is 1. The molecule has 0 saturated carbocycles. The SMILES string of the molecule is C[C@H](NC(=O)OC(C)(C)C)C(=O)N[C@@H](CCC(=O)OC(C)(C)C)C(=O)N[C@@H](CC(=O)OC(C)(C)C)C(=O)NCC(=O)O. The number of rotatable bonds is 13. The van der Waals surface area contributed by atoms with E-state index in [9.17, 15) is 33.6 Å². The predicted octanol–water partition coefficient (Wildman–Crippen LogP) is 0.924. The fraction of sp³-hybridized carbons (Fsp3) is 0.741. The molecular formula is C27H46N4O11. The number of alkyl carbamates (subject to hydrolysis) is 1. The normalized spacial score (nSPS) is 13.9. The molecular weight excluding hydrogens is 556 g/mol. The number of carbonyl (C=O) groups excluding carboxylic acids is 6. The third-order valence-corrected chi connectivity index (χ3v) is 4.65. The molecule has 0 spiro atoms. The lowest BCUT2D eigenvalue weighted by Gasteiger charge is -2.26. The smallest absolute Gasteiger partial charge is 0.408 e. The van der Waals surface area contributed by atoms with Gasteiger partial charge in [0.2, 0.25) is 17.7 Å². The molecule has 0 aliphatic carbocycles. The van der Waals surface area contributed by atoms with Crippen molar-refractivity contribution in [3.63, 3.8) is 0 Å². The Morgan fingerprint density at radius 3 is 1.60 bits per heavy atom. The van der Waals surface area contributed by atoms with Gasteiger partial charge in [0, 0.05) is 6.42 Å². The fourth-order valence-corrected chi connectivity index (χ4v) is 3.09. The predicted molar refractivity (Wildman–Crippen MR) is 149 cm³/mol. The van der Waals surface area contributed by atoms with E-state index < -0.39 is 89.6 Å². The van der Waals surface area contributed by atoms with Crippen molar-refractivity contribution in [3.05, 3.63) is 0 Å². The topological polar surface area (TPSA) is 216 Å². The van der Waals surface area contributed by atoms with E-state index in [1.54, 1.807) is 62.3 Å². The molecule has 0 aromatic heterocycles. The molecule has 0 aromatic carbocycles. The van der Waals surface area contributed by atoms with Crippen LogP contribution in [0.5, 0.6) is 0 Å². The Hall–Kier alpha value is -3.91. The Morgan fingerprint density at radius 2 is 1.12 bits per heavy atom. The molecule has 0 aliphatic heterocycles. The Labute approximate surface area is 246 Å². The fourth-order valence-electron chi connectivity index (χ4n) is 3.09. The molecule has 0 unspecified atom stereocenters. The maximum atomic E-state index is 13.3. The van der Waals surface area contributed by atoms with Crippen LogP contribution >= 0.6 is 0 Å². The van der Waals surface area contributed by atoms with Crippen LogP contribution in [0.4, 0.5) is 4.79 Å². The van der Waals surface area contributed by atoms with Gasteiger partial charge >= 0.3 is 24.0 Å². The van der Waals surface area contributed by atoms with Crippen LogP contribution in [-0.2, 0) is 43.0 Å². The molecule has 5 N–H and O–H groups in total. The molecule has 0 aromatic rings. The molecule has 42 heavy (non-hydrogen) atoms. The first-order valence-corrected chi connectivity index (χ1v) is 13.4. The third kappa shape index (κ3) is 18.4. The van der Waals surface area contributed by atoms with E-state index in [0.29, 0.717) is 0 Å². The van der Waals surface area contributed by atoms with E-state index in [0.717, 1.165) is 0 Å². The van der Waals surface area contributed by atoms with E-state index in [1.165, 1.54) is 6.92 Å². The van der Waals surface area contributed by atoms with Crippen LogP contribution in [0.3, 0.4) is 0 Å². The number of hydrogen-bond acceptors (Lipinski definition) is 10. The highest BCUT2D eigenvalue weighted by Gasteiger charge is 2.32. The first kappa shape index (κ1) is 38.1. The van der Waals surface area contributed by atoms with Crippen molar-refractivity contribution in [1.82, 2.24) is 21.3 Å². The van der Waals surface area contributed by atoms with Crippen LogP contribution < -0.4 is 21.3 Å². The van der Waals surface area contributed by atoms with Gasteiger partial charge in [0.25, 0.3) is 0 Å². The second-order valence-electron chi connectivity index (χ2n) is 12.5. The van der Waals surface area contributed by atoms with Crippen molar-refractivity contribution >= 4 is 41.7 Å². The standard InChI is InChI=1S/C27H46N4O11/c1-15(29-24(39)42-27(8,9)10)21(36)30-16(11-12-19(34)40-25(2,3)4)23(38)31-17(22(37)28-14-18(32)33)13-20(35)41-26(5,6)7/h15-17H,11-14H2,1-10H3,(H,28,37)(H,29,39)(H,30,36)(H,31,38)(H,32,33)/t15-,16-,17-/m0/s1. The summed E-state index contributed by atoms with van der Waals surface area (Å²) in [5.74, 6) is -5.66. The number of carbonyl (C=O) groups is 7. The van der Waals surface area contributed by atoms with Crippen molar-refractivity contribution in [1.29, 1.82) is 0 Å². The Bertz CT molecular complexity index is 1010. The second kappa shape index (κ2) is 15.9. The summed E-state index contributed by atoms with van der Waals surface area (Å²) in [6.07, 6.45) is -2.13. The van der Waals surface area contributed by atoms with Crippen molar-refractivity contribution in [2.45, 2.75) is 123 Å². The molecule has 4 amide bonds. The summed E-state index contributed by atoms with van der Waals surface area (Å²) < 4.78 is 15.6. The Kier molecular flexibility index (Phi) is 14.4. The molecule has 0 heterocycles. The van der Waals surface area contributed by atoms with Gasteiger partial charge in [-0.05, 0) is 75.7 Å². The zero-order chi connectivity index (χ0) is 33.1. The van der Waals surface area contributed by atoms with Gasteiger partial charge in [0.05, 0.1) is 6.42 Å². The monoisotopic (exact) mass is 602 g/mol. The number of amides is 4. The molecule has 15 nitrogen and oxygen atoms in total. The highest BCUT2D eigenvalue weighted by molar-refractivity contribution is 5.96. The number of carboxylic acids is 1. The first-order valence-electron chi connectivity index (χ1n) is 13.4. The van der Waals surface area contributed by atoms with Crippen LogP contribution in [-0.4, -0.2) is 88.3 Å². The summed E-state index contributed by atoms with van der Waals surface area (Å²) >= 11 is 0. The molecule has 0 fully saturated rings. The molecule has 3 atom stereocenters. The summed E-state index contributed by atoms with van der Waals surface area (Å²) in [5, 5.41) is 18.1.